The summed E-state index contributed by atoms with van der Waals surface area (Å²) in [6.07, 6.45) is -4.50. The highest BCUT2D eigenvalue weighted by Crippen LogP contribution is 2.35. The zero-order valence-electron chi connectivity index (χ0n) is 10.8. The lowest BCUT2D eigenvalue weighted by Gasteiger charge is -2.22. The first-order valence-electron chi connectivity index (χ1n) is 6.06. The summed E-state index contributed by atoms with van der Waals surface area (Å²) in [5.74, 6) is -1.19. The summed E-state index contributed by atoms with van der Waals surface area (Å²) < 4.78 is 38.7. The largest absolute Gasteiger partial charge is 0.480 e. The molecule has 1 unspecified atom stereocenters. The lowest BCUT2D eigenvalue weighted by molar-refractivity contribution is -0.142. The van der Waals surface area contributed by atoms with Crippen LogP contribution in [0, 0.1) is 11.3 Å². The molecule has 0 saturated carbocycles. The van der Waals surface area contributed by atoms with Crippen LogP contribution in [0.2, 0.25) is 0 Å². The smallest absolute Gasteiger partial charge is 0.417 e. The van der Waals surface area contributed by atoms with Crippen molar-refractivity contribution < 1.29 is 23.1 Å². The second kappa shape index (κ2) is 4.93. The van der Waals surface area contributed by atoms with Crippen molar-refractivity contribution in [3.05, 3.63) is 29.3 Å². The van der Waals surface area contributed by atoms with Crippen LogP contribution < -0.4 is 10.6 Å². The van der Waals surface area contributed by atoms with E-state index in [4.69, 9.17) is 16.1 Å². The van der Waals surface area contributed by atoms with Crippen LogP contribution in [0.5, 0.6) is 0 Å². The van der Waals surface area contributed by atoms with E-state index in [9.17, 15) is 18.0 Å². The molecule has 1 aromatic rings. The van der Waals surface area contributed by atoms with E-state index in [1.54, 1.807) is 0 Å². The first kappa shape index (κ1) is 15.1. The van der Waals surface area contributed by atoms with Crippen molar-refractivity contribution in [1.82, 2.24) is 0 Å². The summed E-state index contributed by atoms with van der Waals surface area (Å²) in [5, 5.41) is 17.8. The predicted molar refractivity (Wildman–Crippen MR) is 67.5 cm³/mol. The van der Waals surface area contributed by atoms with E-state index in [0.717, 1.165) is 12.1 Å². The molecular formula is C13H12F3N3O2. The molecule has 21 heavy (non-hydrogen) atoms. The van der Waals surface area contributed by atoms with Gasteiger partial charge >= 0.3 is 12.1 Å². The molecule has 3 N–H and O–H groups in total. The number of nitriles is 1. The zero-order valence-corrected chi connectivity index (χ0v) is 10.8. The molecule has 1 aliphatic rings. The molecule has 112 valence electrons. The van der Waals surface area contributed by atoms with E-state index in [-0.39, 0.29) is 25.2 Å². The maximum atomic E-state index is 12.9. The van der Waals surface area contributed by atoms with Gasteiger partial charge in [-0.25, -0.2) is 0 Å². The van der Waals surface area contributed by atoms with E-state index < -0.39 is 28.8 Å². The monoisotopic (exact) mass is 299 g/mol. The fraction of sp³-hybridized carbons (Fsp3) is 0.385. The molecule has 1 aromatic carbocycles. The topological polar surface area (TPSA) is 90.4 Å². The number of nitrogens with two attached hydrogens (primary N) is 1. The second-order valence-corrected chi connectivity index (χ2v) is 4.97. The van der Waals surface area contributed by atoms with Gasteiger partial charge in [0, 0.05) is 18.8 Å². The molecule has 5 nitrogen and oxygen atoms in total. The quantitative estimate of drug-likeness (QED) is 0.865. The summed E-state index contributed by atoms with van der Waals surface area (Å²) in [6.45, 7) is 0.164. The Labute approximate surface area is 118 Å². The molecule has 8 heteroatoms. The molecule has 0 amide bonds. The molecule has 1 atom stereocenters. The summed E-state index contributed by atoms with van der Waals surface area (Å²) in [5.41, 5.74) is 2.93. The standard InChI is InChI=1S/C13H12F3N3O2/c14-13(15,16)10-5-9(2-1-8(10)6-17)19-4-3-12(18,7-19)11(20)21/h1-2,5H,3-4,7,18H2,(H,20,21). The van der Waals surface area contributed by atoms with Gasteiger partial charge in [0.25, 0.3) is 0 Å². The van der Waals surface area contributed by atoms with E-state index >= 15 is 0 Å². The van der Waals surface area contributed by atoms with Gasteiger partial charge in [-0.3, -0.25) is 4.79 Å². The number of hydrogen-bond donors (Lipinski definition) is 2. The first-order valence-corrected chi connectivity index (χ1v) is 6.06. The van der Waals surface area contributed by atoms with Crippen molar-refractivity contribution in [3.8, 4) is 6.07 Å². The van der Waals surface area contributed by atoms with E-state index in [2.05, 4.69) is 0 Å². The number of halogens is 3. The van der Waals surface area contributed by atoms with Crippen molar-refractivity contribution in [1.29, 1.82) is 5.26 Å². The number of carbonyl (C=O) groups is 1. The maximum Gasteiger partial charge on any atom is 0.417 e. The number of alkyl halides is 3. The van der Waals surface area contributed by atoms with E-state index in [1.165, 1.54) is 17.0 Å². The highest BCUT2D eigenvalue weighted by atomic mass is 19.4. The highest BCUT2D eigenvalue weighted by Gasteiger charge is 2.42. The minimum Gasteiger partial charge on any atom is -0.480 e. The third-order valence-electron chi connectivity index (χ3n) is 3.52. The van der Waals surface area contributed by atoms with Gasteiger partial charge in [-0.2, -0.15) is 18.4 Å². The second-order valence-electron chi connectivity index (χ2n) is 4.97. The molecule has 0 radical (unpaired) electrons. The van der Waals surface area contributed by atoms with Gasteiger partial charge in [-0.05, 0) is 24.6 Å². The fourth-order valence-electron chi connectivity index (χ4n) is 2.29. The molecule has 0 bridgehead atoms. The van der Waals surface area contributed by atoms with Gasteiger partial charge in [0.15, 0.2) is 0 Å². The van der Waals surface area contributed by atoms with Gasteiger partial charge in [0.05, 0.1) is 17.2 Å². The molecule has 0 aromatic heterocycles. The van der Waals surface area contributed by atoms with Crippen LogP contribution in [0.25, 0.3) is 0 Å². The van der Waals surface area contributed by atoms with Crippen LogP contribution in [0.3, 0.4) is 0 Å². The summed E-state index contributed by atoms with van der Waals surface area (Å²) >= 11 is 0. The summed E-state index contributed by atoms with van der Waals surface area (Å²) in [6, 6.07) is 4.79. The van der Waals surface area contributed by atoms with Crippen molar-refractivity contribution in [2.45, 2.75) is 18.1 Å². The number of carboxylic acid groups (broad SMARTS) is 1. The number of hydrogen-bond acceptors (Lipinski definition) is 4. The van der Waals surface area contributed by atoms with E-state index in [1.807, 2.05) is 0 Å². The third kappa shape index (κ3) is 2.78. The molecule has 1 heterocycles. The number of carboxylic acids is 1. The van der Waals surface area contributed by atoms with Gasteiger partial charge in [-0.1, -0.05) is 0 Å². The minimum atomic E-state index is -4.65. The molecule has 1 aliphatic heterocycles. The lowest BCUT2D eigenvalue weighted by atomic mass is 10.0. The Bertz CT molecular complexity index is 624. The van der Waals surface area contributed by atoms with Crippen LogP contribution in [-0.4, -0.2) is 29.7 Å². The zero-order chi connectivity index (χ0) is 15.8. The Balaban J connectivity index is 2.35. The molecular weight excluding hydrogens is 287 g/mol. The van der Waals surface area contributed by atoms with Crippen LogP contribution in [-0.2, 0) is 11.0 Å². The Morgan fingerprint density at radius 2 is 2.14 bits per heavy atom. The van der Waals surface area contributed by atoms with Gasteiger partial charge < -0.3 is 15.7 Å². The average molecular weight is 299 g/mol. The fourth-order valence-corrected chi connectivity index (χ4v) is 2.29. The Morgan fingerprint density at radius 1 is 1.48 bits per heavy atom. The summed E-state index contributed by atoms with van der Waals surface area (Å²) in [4.78, 5) is 12.5. The first-order chi connectivity index (χ1) is 9.67. The maximum absolute atomic E-state index is 12.9. The Morgan fingerprint density at radius 3 is 2.62 bits per heavy atom. The molecule has 1 saturated heterocycles. The SMILES string of the molecule is N#Cc1ccc(N2CCC(N)(C(=O)O)C2)cc1C(F)(F)F. The molecule has 0 aliphatic carbocycles. The number of nitrogens with zero attached hydrogens (tertiary/aromatic N) is 2. The number of anilines is 1. The van der Waals surface area contributed by atoms with Crippen molar-refractivity contribution >= 4 is 11.7 Å². The Hall–Kier alpha value is -2.27. The van der Waals surface area contributed by atoms with Crippen molar-refractivity contribution in [2.24, 2.45) is 5.73 Å². The van der Waals surface area contributed by atoms with Gasteiger partial charge in [0.2, 0.25) is 0 Å². The highest BCUT2D eigenvalue weighted by molar-refractivity contribution is 5.80. The van der Waals surface area contributed by atoms with Crippen LogP contribution in [0.1, 0.15) is 17.5 Å². The van der Waals surface area contributed by atoms with E-state index in [0.29, 0.717) is 0 Å². The average Bonchev–Trinajstić information content (AvgIpc) is 2.81. The normalized spacial score (nSPS) is 22.1. The van der Waals surface area contributed by atoms with Crippen LogP contribution in [0.15, 0.2) is 18.2 Å². The lowest BCUT2D eigenvalue weighted by Crippen LogP contribution is -2.50. The van der Waals surface area contributed by atoms with Crippen LogP contribution >= 0.6 is 0 Å². The summed E-state index contributed by atoms with van der Waals surface area (Å²) in [7, 11) is 0. The van der Waals surface area contributed by atoms with Crippen molar-refractivity contribution in [2.75, 3.05) is 18.0 Å². The minimum absolute atomic E-state index is 0.0778. The predicted octanol–water partition coefficient (Wildman–Crippen LogP) is 1.57. The molecule has 2 rings (SSSR count). The van der Waals surface area contributed by atoms with Crippen molar-refractivity contribution in [3.63, 3.8) is 0 Å². The molecule has 1 fully saturated rings. The number of rotatable bonds is 2. The Kier molecular flexibility index (Phi) is 3.55. The number of benzene rings is 1. The van der Waals surface area contributed by atoms with Crippen LogP contribution in [0.4, 0.5) is 18.9 Å². The van der Waals surface area contributed by atoms with Gasteiger partial charge in [-0.15, -0.1) is 0 Å². The van der Waals surface area contributed by atoms with Gasteiger partial charge in [0.1, 0.15) is 5.54 Å². The number of aliphatic carboxylic acids is 1. The molecule has 0 spiro atoms. The third-order valence-corrected chi connectivity index (χ3v) is 3.52.